The lowest BCUT2D eigenvalue weighted by atomic mass is 10.3. The van der Waals surface area contributed by atoms with Crippen LogP contribution in [0.15, 0.2) is 24.3 Å². The molecular formula is C14H20O6. The predicted octanol–water partition coefficient (Wildman–Crippen LogP) is 1.01. The molecular weight excluding hydrogens is 264 g/mol. The van der Waals surface area contributed by atoms with Crippen LogP contribution < -0.4 is 0 Å². The van der Waals surface area contributed by atoms with E-state index in [0.717, 1.165) is 0 Å². The van der Waals surface area contributed by atoms with Gasteiger partial charge in [-0.2, -0.15) is 0 Å². The van der Waals surface area contributed by atoms with Crippen molar-refractivity contribution < 1.29 is 28.5 Å². The van der Waals surface area contributed by atoms with Gasteiger partial charge in [-0.3, -0.25) is 0 Å². The third-order valence-corrected chi connectivity index (χ3v) is 2.38. The Labute approximate surface area is 118 Å². The van der Waals surface area contributed by atoms with Crippen LogP contribution in [0, 0.1) is 0 Å². The van der Waals surface area contributed by atoms with Gasteiger partial charge in [-0.05, 0) is 13.8 Å². The van der Waals surface area contributed by atoms with Crippen molar-refractivity contribution in [1.82, 2.24) is 0 Å². The standard InChI is InChI=1S/C14H20O6/c1-9(2)13(15)19-8-12(20-14(16)10(3)4)6-17-5-11-7-18-11/h11-12H,1,3,5-8H2,2,4H3. The van der Waals surface area contributed by atoms with Gasteiger partial charge in [-0.15, -0.1) is 0 Å². The molecule has 6 nitrogen and oxygen atoms in total. The van der Waals surface area contributed by atoms with Gasteiger partial charge in [0.25, 0.3) is 0 Å². The monoisotopic (exact) mass is 284 g/mol. The number of esters is 2. The molecule has 1 aliphatic rings. The maximum atomic E-state index is 11.5. The molecule has 0 saturated carbocycles. The molecule has 0 N–H and O–H groups in total. The van der Waals surface area contributed by atoms with Gasteiger partial charge in [-0.1, -0.05) is 13.2 Å². The fraction of sp³-hybridized carbons (Fsp3) is 0.571. The molecule has 0 aromatic rings. The number of hydrogen-bond donors (Lipinski definition) is 0. The van der Waals surface area contributed by atoms with Gasteiger partial charge in [-0.25, -0.2) is 9.59 Å². The Morgan fingerprint density at radius 2 is 1.80 bits per heavy atom. The molecule has 6 heteroatoms. The van der Waals surface area contributed by atoms with Gasteiger partial charge < -0.3 is 18.9 Å². The zero-order valence-electron chi connectivity index (χ0n) is 11.8. The topological polar surface area (TPSA) is 74.4 Å². The molecule has 1 rings (SSSR count). The Bertz CT molecular complexity index is 396. The summed E-state index contributed by atoms with van der Waals surface area (Å²) in [5.74, 6) is -1.08. The van der Waals surface area contributed by atoms with Crippen molar-refractivity contribution in [3.63, 3.8) is 0 Å². The van der Waals surface area contributed by atoms with Crippen molar-refractivity contribution in [2.45, 2.75) is 26.1 Å². The van der Waals surface area contributed by atoms with E-state index in [4.69, 9.17) is 18.9 Å². The van der Waals surface area contributed by atoms with Crippen LogP contribution in [0.2, 0.25) is 0 Å². The highest BCUT2D eigenvalue weighted by atomic mass is 16.6. The predicted molar refractivity (Wildman–Crippen MR) is 71.0 cm³/mol. The van der Waals surface area contributed by atoms with E-state index in [-0.39, 0.29) is 30.5 Å². The lowest BCUT2D eigenvalue weighted by Gasteiger charge is -2.18. The summed E-state index contributed by atoms with van der Waals surface area (Å²) in [4.78, 5) is 22.8. The van der Waals surface area contributed by atoms with E-state index in [1.54, 1.807) is 0 Å². The quantitative estimate of drug-likeness (QED) is 0.357. The number of ether oxygens (including phenoxy) is 4. The Morgan fingerprint density at radius 3 is 2.30 bits per heavy atom. The SMILES string of the molecule is C=C(C)C(=O)OCC(COCC1CO1)OC(=O)C(=C)C. The minimum Gasteiger partial charge on any atom is -0.458 e. The molecule has 0 aromatic heterocycles. The molecule has 2 unspecified atom stereocenters. The number of rotatable bonds is 9. The van der Waals surface area contributed by atoms with Gasteiger partial charge in [0.05, 0.1) is 19.8 Å². The summed E-state index contributed by atoms with van der Waals surface area (Å²) < 4.78 is 20.4. The first-order valence-corrected chi connectivity index (χ1v) is 6.28. The molecule has 1 saturated heterocycles. The second-order valence-electron chi connectivity index (χ2n) is 4.68. The van der Waals surface area contributed by atoms with Gasteiger partial charge in [0.15, 0.2) is 6.10 Å². The summed E-state index contributed by atoms with van der Waals surface area (Å²) in [5.41, 5.74) is 0.550. The fourth-order valence-electron chi connectivity index (χ4n) is 1.16. The zero-order chi connectivity index (χ0) is 15.1. The van der Waals surface area contributed by atoms with Crippen LogP contribution in [0.1, 0.15) is 13.8 Å². The largest absolute Gasteiger partial charge is 0.458 e. The lowest BCUT2D eigenvalue weighted by molar-refractivity contribution is -0.157. The van der Waals surface area contributed by atoms with Crippen LogP contribution in [0.5, 0.6) is 0 Å². The highest BCUT2D eigenvalue weighted by molar-refractivity contribution is 5.87. The Balaban J connectivity index is 2.39. The molecule has 0 amide bonds. The van der Waals surface area contributed by atoms with E-state index in [2.05, 4.69) is 13.2 Å². The molecule has 1 aliphatic heterocycles. The summed E-state index contributed by atoms with van der Waals surface area (Å²) in [6.45, 7) is 11.2. The summed E-state index contributed by atoms with van der Waals surface area (Å²) >= 11 is 0. The van der Waals surface area contributed by atoms with Crippen molar-refractivity contribution in [2.75, 3.05) is 26.4 Å². The van der Waals surface area contributed by atoms with Crippen LogP contribution >= 0.6 is 0 Å². The van der Waals surface area contributed by atoms with E-state index in [1.165, 1.54) is 13.8 Å². The first-order chi connectivity index (χ1) is 9.40. The molecule has 20 heavy (non-hydrogen) atoms. The smallest absolute Gasteiger partial charge is 0.333 e. The maximum Gasteiger partial charge on any atom is 0.333 e. The van der Waals surface area contributed by atoms with E-state index >= 15 is 0 Å². The van der Waals surface area contributed by atoms with E-state index in [0.29, 0.717) is 13.2 Å². The average molecular weight is 284 g/mol. The van der Waals surface area contributed by atoms with Gasteiger partial charge in [0.1, 0.15) is 12.7 Å². The zero-order valence-corrected chi connectivity index (χ0v) is 11.8. The summed E-state index contributed by atoms with van der Waals surface area (Å²) in [6.07, 6.45) is -0.563. The maximum absolute atomic E-state index is 11.5. The van der Waals surface area contributed by atoms with Crippen molar-refractivity contribution >= 4 is 11.9 Å². The van der Waals surface area contributed by atoms with Gasteiger partial charge in [0.2, 0.25) is 0 Å². The molecule has 1 fully saturated rings. The molecule has 2 atom stereocenters. The molecule has 0 radical (unpaired) electrons. The van der Waals surface area contributed by atoms with Crippen molar-refractivity contribution in [2.24, 2.45) is 0 Å². The first kappa shape index (κ1) is 16.4. The molecule has 1 heterocycles. The lowest BCUT2D eigenvalue weighted by Crippen LogP contribution is -2.30. The molecule has 0 aliphatic carbocycles. The van der Waals surface area contributed by atoms with Gasteiger partial charge in [0, 0.05) is 11.1 Å². The van der Waals surface area contributed by atoms with Crippen molar-refractivity contribution in [1.29, 1.82) is 0 Å². The molecule has 112 valence electrons. The van der Waals surface area contributed by atoms with Crippen LogP contribution in [0.4, 0.5) is 0 Å². The second-order valence-corrected chi connectivity index (χ2v) is 4.68. The highest BCUT2D eigenvalue weighted by Crippen LogP contribution is 2.09. The summed E-state index contributed by atoms with van der Waals surface area (Å²) in [5, 5.41) is 0. The normalized spacial score (nSPS) is 18.0. The van der Waals surface area contributed by atoms with Crippen molar-refractivity contribution in [3.05, 3.63) is 24.3 Å². The minimum absolute atomic E-state index is 0.0871. The highest BCUT2D eigenvalue weighted by Gasteiger charge is 2.24. The first-order valence-electron chi connectivity index (χ1n) is 6.28. The average Bonchev–Trinajstić information content (AvgIpc) is 3.18. The molecule has 0 spiro atoms. The van der Waals surface area contributed by atoms with Crippen LogP contribution in [-0.4, -0.2) is 50.6 Å². The molecule has 0 aromatic carbocycles. The van der Waals surface area contributed by atoms with Crippen LogP contribution in [-0.2, 0) is 28.5 Å². The second kappa shape index (κ2) is 7.81. The van der Waals surface area contributed by atoms with Crippen molar-refractivity contribution in [3.8, 4) is 0 Å². The summed E-state index contributed by atoms with van der Waals surface area (Å²) in [7, 11) is 0. The summed E-state index contributed by atoms with van der Waals surface area (Å²) in [6, 6.07) is 0. The fourth-order valence-corrected chi connectivity index (χ4v) is 1.16. The number of carbonyl (C=O) groups excluding carboxylic acids is 2. The third-order valence-electron chi connectivity index (χ3n) is 2.38. The molecule has 0 bridgehead atoms. The Hall–Kier alpha value is -1.66. The van der Waals surface area contributed by atoms with Crippen LogP contribution in [0.3, 0.4) is 0 Å². The number of hydrogen-bond acceptors (Lipinski definition) is 6. The minimum atomic E-state index is -0.679. The third kappa shape index (κ3) is 6.49. The number of carbonyl (C=O) groups is 2. The Morgan fingerprint density at radius 1 is 1.20 bits per heavy atom. The van der Waals surface area contributed by atoms with E-state index in [9.17, 15) is 9.59 Å². The van der Waals surface area contributed by atoms with E-state index in [1.807, 2.05) is 0 Å². The number of epoxide rings is 1. The van der Waals surface area contributed by atoms with E-state index < -0.39 is 18.0 Å². The Kier molecular flexibility index (Phi) is 6.41. The van der Waals surface area contributed by atoms with Crippen LogP contribution in [0.25, 0.3) is 0 Å². The van der Waals surface area contributed by atoms with Gasteiger partial charge >= 0.3 is 11.9 Å².